The summed E-state index contributed by atoms with van der Waals surface area (Å²) in [6, 6.07) is 25.1. The van der Waals surface area contributed by atoms with Crippen LogP contribution in [0.5, 0.6) is 5.75 Å². The smallest absolute Gasteiger partial charge is 0.343 e. The van der Waals surface area contributed by atoms with Crippen LogP contribution in [0.25, 0.3) is 10.8 Å². The standard InChI is InChI=1S/C24H17ClN2O4S/c25-19-13-10-18(11-14-19)24(28)31-23-15-12-17-6-4-5-9-21(17)22(23)16-26-27-32(29,30)20-7-2-1-3-8-20/h1-16,27H/b26-16-. The molecule has 0 atom stereocenters. The number of halogens is 1. The van der Waals surface area contributed by atoms with Gasteiger partial charge < -0.3 is 4.74 Å². The largest absolute Gasteiger partial charge is 0.422 e. The van der Waals surface area contributed by atoms with Crippen molar-refractivity contribution < 1.29 is 17.9 Å². The van der Waals surface area contributed by atoms with E-state index in [1.54, 1.807) is 48.5 Å². The van der Waals surface area contributed by atoms with Crippen molar-refractivity contribution in [2.75, 3.05) is 0 Å². The van der Waals surface area contributed by atoms with Crippen molar-refractivity contribution in [1.82, 2.24) is 4.83 Å². The number of hydrazone groups is 1. The van der Waals surface area contributed by atoms with Crippen LogP contribution < -0.4 is 9.57 Å². The fraction of sp³-hybridized carbons (Fsp3) is 0. The highest BCUT2D eigenvalue weighted by Crippen LogP contribution is 2.27. The number of carbonyl (C=O) groups excluding carboxylic acids is 1. The first-order valence-corrected chi connectivity index (χ1v) is 11.4. The van der Waals surface area contributed by atoms with E-state index < -0.39 is 16.0 Å². The summed E-state index contributed by atoms with van der Waals surface area (Å²) >= 11 is 5.88. The number of rotatable bonds is 6. The molecule has 4 aromatic carbocycles. The Kier molecular flexibility index (Phi) is 6.20. The van der Waals surface area contributed by atoms with Crippen LogP contribution in [0.1, 0.15) is 15.9 Å². The first-order valence-electron chi connectivity index (χ1n) is 9.53. The van der Waals surface area contributed by atoms with Gasteiger partial charge in [0, 0.05) is 10.6 Å². The average Bonchev–Trinajstić information content (AvgIpc) is 2.81. The molecule has 0 aliphatic heterocycles. The Morgan fingerprint density at radius 1 is 0.875 bits per heavy atom. The zero-order valence-corrected chi connectivity index (χ0v) is 18.2. The summed E-state index contributed by atoms with van der Waals surface area (Å²) in [6.07, 6.45) is 1.33. The van der Waals surface area contributed by atoms with Gasteiger partial charge in [0.15, 0.2) is 0 Å². The molecule has 4 aromatic rings. The van der Waals surface area contributed by atoms with Crippen LogP contribution in [0, 0.1) is 0 Å². The fourth-order valence-corrected chi connectivity index (χ4v) is 3.99. The predicted molar refractivity (Wildman–Crippen MR) is 125 cm³/mol. The van der Waals surface area contributed by atoms with E-state index in [4.69, 9.17) is 16.3 Å². The number of hydrogen-bond donors (Lipinski definition) is 1. The van der Waals surface area contributed by atoms with E-state index in [1.807, 2.05) is 30.3 Å². The lowest BCUT2D eigenvalue weighted by Gasteiger charge is -2.11. The lowest BCUT2D eigenvalue weighted by Crippen LogP contribution is -2.18. The minimum Gasteiger partial charge on any atom is -0.422 e. The summed E-state index contributed by atoms with van der Waals surface area (Å²) in [5, 5.41) is 6.05. The van der Waals surface area contributed by atoms with Gasteiger partial charge in [-0.15, -0.1) is 0 Å². The van der Waals surface area contributed by atoms with Crippen LogP contribution in [0.15, 0.2) is 101 Å². The molecule has 0 unspecified atom stereocenters. The van der Waals surface area contributed by atoms with E-state index in [2.05, 4.69) is 9.93 Å². The summed E-state index contributed by atoms with van der Waals surface area (Å²) in [5.74, 6) is -0.331. The van der Waals surface area contributed by atoms with Crippen LogP contribution >= 0.6 is 11.6 Å². The van der Waals surface area contributed by atoms with Gasteiger partial charge in [-0.2, -0.15) is 13.5 Å². The Morgan fingerprint density at radius 3 is 2.31 bits per heavy atom. The Morgan fingerprint density at radius 2 is 1.56 bits per heavy atom. The SMILES string of the molecule is O=C(Oc1ccc2ccccc2c1/C=N\NS(=O)(=O)c1ccccc1)c1ccc(Cl)cc1. The van der Waals surface area contributed by atoms with Crippen LogP contribution in [0.2, 0.25) is 5.02 Å². The molecule has 0 saturated carbocycles. The molecule has 8 heteroatoms. The van der Waals surface area contributed by atoms with Crippen molar-refractivity contribution in [1.29, 1.82) is 0 Å². The number of esters is 1. The van der Waals surface area contributed by atoms with E-state index in [9.17, 15) is 13.2 Å². The van der Waals surface area contributed by atoms with Crippen molar-refractivity contribution in [2.24, 2.45) is 5.10 Å². The van der Waals surface area contributed by atoms with Crippen molar-refractivity contribution >= 4 is 44.6 Å². The molecule has 32 heavy (non-hydrogen) atoms. The van der Waals surface area contributed by atoms with Crippen molar-refractivity contribution in [3.05, 3.63) is 107 Å². The molecule has 0 heterocycles. The molecular weight excluding hydrogens is 448 g/mol. The highest BCUT2D eigenvalue weighted by molar-refractivity contribution is 7.89. The highest BCUT2D eigenvalue weighted by atomic mass is 35.5. The first-order chi connectivity index (χ1) is 15.4. The third-order valence-corrected chi connectivity index (χ3v) is 6.12. The van der Waals surface area contributed by atoms with E-state index in [0.717, 1.165) is 10.8 Å². The predicted octanol–water partition coefficient (Wildman–Crippen LogP) is 5.02. The molecule has 0 bridgehead atoms. The third kappa shape index (κ3) is 4.80. The molecule has 160 valence electrons. The van der Waals surface area contributed by atoms with Gasteiger partial charge in [-0.25, -0.2) is 9.63 Å². The Balaban J connectivity index is 1.67. The second-order valence-corrected chi connectivity index (χ2v) is 8.86. The van der Waals surface area contributed by atoms with E-state index >= 15 is 0 Å². The molecule has 0 radical (unpaired) electrons. The molecular formula is C24H17ClN2O4S. The van der Waals surface area contributed by atoms with Crippen molar-refractivity contribution in [3.8, 4) is 5.75 Å². The van der Waals surface area contributed by atoms with Gasteiger partial charge in [0.25, 0.3) is 10.0 Å². The Hall–Kier alpha value is -3.68. The number of sulfonamides is 1. The van der Waals surface area contributed by atoms with Crippen molar-refractivity contribution in [3.63, 3.8) is 0 Å². The molecule has 6 nitrogen and oxygen atoms in total. The zero-order valence-electron chi connectivity index (χ0n) is 16.6. The summed E-state index contributed by atoms with van der Waals surface area (Å²) in [4.78, 5) is 14.9. The molecule has 0 aromatic heterocycles. The van der Waals surface area contributed by atoms with Gasteiger partial charge in [0.1, 0.15) is 5.75 Å². The minimum atomic E-state index is -3.83. The summed E-state index contributed by atoms with van der Waals surface area (Å²) in [7, 11) is -3.83. The minimum absolute atomic E-state index is 0.0875. The Labute approximate surface area is 190 Å². The van der Waals surface area contributed by atoms with Gasteiger partial charge in [-0.05, 0) is 53.2 Å². The lowest BCUT2D eigenvalue weighted by atomic mass is 10.0. The molecule has 4 rings (SSSR count). The van der Waals surface area contributed by atoms with Crippen molar-refractivity contribution in [2.45, 2.75) is 4.90 Å². The highest BCUT2D eigenvalue weighted by Gasteiger charge is 2.15. The summed E-state index contributed by atoms with van der Waals surface area (Å²) < 4.78 is 30.5. The number of fused-ring (bicyclic) bond motifs is 1. The van der Waals surface area contributed by atoms with Gasteiger partial charge in [0.2, 0.25) is 0 Å². The molecule has 0 aliphatic carbocycles. The van der Waals surface area contributed by atoms with Gasteiger partial charge in [0.05, 0.1) is 16.7 Å². The normalized spacial score (nSPS) is 11.5. The average molecular weight is 465 g/mol. The summed E-state index contributed by atoms with van der Waals surface area (Å²) in [5.41, 5.74) is 0.788. The van der Waals surface area contributed by atoms with Crippen LogP contribution in [-0.2, 0) is 10.0 Å². The second-order valence-electron chi connectivity index (χ2n) is 6.76. The number of nitrogens with zero attached hydrogens (tertiary/aromatic N) is 1. The topological polar surface area (TPSA) is 84.8 Å². The van der Waals surface area contributed by atoms with Crippen LogP contribution in [-0.4, -0.2) is 20.6 Å². The lowest BCUT2D eigenvalue weighted by molar-refractivity contribution is 0.0734. The monoisotopic (exact) mass is 464 g/mol. The number of benzene rings is 4. The first kappa shape index (κ1) is 21.5. The summed E-state index contributed by atoms with van der Waals surface area (Å²) in [6.45, 7) is 0. The molecule has 0 saturated heterocycles. The molecule has 0 amide bonds. The maximum atomic E-state index is 12.6. The fourth-order valence-electron chi connectivity index (χ4n) is 3.06. The van der Waals surface area contributed by atoms with E-state index in [-0.39, 0.29) is 10.6 Å². The van der Waals surface area contributed by atoms with Gasteiger partial charge in [-0.3, -0.25) is 0 Å². The number of carbonyl (C=O) groups is 1. The zero-order chi connectivity index (χ0) is 22.6. The van der Waals surface area contributed by atoms with Crippen LogP contribution in [0.4, 0.5) is 0 Å². The van der Waals surface area contributed by atoms with E-state index in [0.29, 0.717) is 16.1 Å². The molecule has 1 N–H and O–H groups in total. The number of ether oxygens (including phenoxy) is 1. The second kappa shape index (κ2) is 9.21. The maximum Gasteiger partial charge on any atom is 0.343 e. The third-order valence-electron chi connectivity index (χ3n) is 4.63. The maximum absolute atomic E-state index is 12.6. The van der Waals surface area contributed by atoms with Gasteiger partial charge in [-0.1, -0.05) is 60.1 Å². The van der Waals surface area contributed by atoms with E-state index in [1.165, 1.54) is 18.3 Å². The quantitative estimate of drug-likeness (QED) is 0.188. The van der Waals surface area contributed by atoms with Gasteiger partial charge >= 0.3 is 5.97 Å². The molecule has 0 spiro atoms. The van der Waals surface area contributed by atoms with Crippen LogP contribution in [0.3, 0.4) is 0 Å². The molecule has 0 aliphatic rings. The Bertz CT molecular complexity index is 1400. The number of hydrogen-bond acceptors (Lipinski definition) is 5. The molecule has 0 fully saturated rings. The number of nitrogens with one attached hydrogen (secondary N) is 1.